The van der Waals surface area contributed by atoms with Crippen LogP contribution in [0.4, 0.5) is 14.6 Å². The standard InChI is InChI=1S/C36H40F2N6O4/c1-2-23-25(37)7-5-19-12-22(46)13-24(28(19)23)31-30(38)32-29-33(44-14-20-6-8-26(39-20)27(44)16-47-34(29)40-31)42-35(41-32)48-18-36(9-10-36)17-43-11-3-4-21(43)15-45/h5,7,12-13,20-21,26-27,39,45-46H,2-4,6,8-11,14-18H2,1H3/t20-,21-,26+,27-/m0/s1. The van der Waals surface area contributed by atoms with Crippen LogP contribution in [0.1, 0.15) is 51.0 Å². The average Bonchev–Trinajstić information content (AvgIpc) is 3.58. The van der Waals surface area contributed by atoms with E-state index in [9.17, 15) is 10.2 Å². The summed E-state index contributed by atoms with van der Waals surface area (Å²) in [4.78, 5) is 19.0. The van der Waals surface area contributed by atoms with E-state index in [1.807, 2.05) is 6.92 Å². The summed E-state index contributed by atoms with van der Waals surface area (Å²) in [6.45, 7) is 5.21. The third kappa shape index (κ3) is 4.86. The first kappa shape index (κ1) is 30.2. The highest BCUT2D eigenvalue weighted by atomic mass is 19.1. The van der Waals surface area contributed by atoms with Gasteiger partial charge >= 0.3 is 6.01 Å². The van der Waals surface area contributed by atoms with Crippen LogP contribution in [-0.4, -0.2) is 93.7 Å². The summed E-state index contributed by atoms with van der Waals surface area (Å²) in [6, 6.07) is 6.65. The molecule has 4 atom stereocenters. The molecule has 5 aliphatic rings. The number of phenolic OH excluding ortho intramolecular Hbond substituents is 1. The maximum Gasteiger partial charge on any atom is 0.319 e. The number of aromatic nitrogens is 3. The van der Waals surface area contributed by atoms with Crippen LogP contribution in [0.3, 0.4) is 0 Å². The van der Waals surface area contributed by atoms with Crippen molar-refractivity contribution in [2.45, 2.75) is 76.0 Å². The van der Waals surface area contributed by atoms with Gasteiger partial charge in [0.15, 0.2) is 5.82 Å². The zero-order valence-electron chi connectivity index (χ0n) is 27.0. The van der Waals surface area contributed by atoms with E-state index in [1.54, 1.807) is 12.1 Å². The number of nitrogens with one attached hydrogen (secondary N) is 1. The van der Waals surface area contributed by atoms with Crippen LogP contribution in [-0.2, 0) is 6.42 Å². The maximum absolute atomic E-state index is 17.1. The van der Waals surface area contributed by atoms with Gasteiger partial charge in [-0.15, -0.1) is 0 Å². The highest BCUT2D eigenvalue weighted by Crippen LogP contribution is 2.48. The molecule has 1 aliphatic carbocycles. The zero-order valence-corrected chi connectivity index (χ0v) is 27.0. The Morgan fingerprint density at radius 3 is 2.79 bits per heavy atom. The van der Waals surface area contributed by atoms with Gasteiger partial charge in [0, 0.05) is 42.2 Å². The molecule has 2 bridgehead atoms. The van der Waals surface area contributed by atoms with Gasteiger partial charge in [0.2, 0.25) is 5.88 Å². The van der Waals surface area contributed by atoms with E-state index in [0.717, 1.165) is 51.6 Å². The number of aryl methyl sites for hydroxylation is 1. The molecule has 1 saturated carbocycles. The monoisotopic (exact) mass is 658 g/mol. The summed E-state index contributed by atoms with van der Waals surface area (Å²) in [5, 5.41) is 25.8. The summed E-state index contributed by atoms with van der Waals surface area (Å²) in [5.74, 6) is -0.427. The molecule has 0 unspecified atom stereocenters. The van der Waals surface area contributed by atoms with Crippen molar-refractivity contribution in [2.75, 3.05) is 44.4 Å². The van der Waals surface area contributed by atoms with Gasteiger partial charge in [-0.05, 0) is 86.0 Å². The van der Waals surface area contributed by atoms with Crippen molar-refractivity contribution in [3.05, 3.63) is 41.5 Å². The Morgan fingerprint density at radius 1 is 1.10 bits per heavy atom. The zero-order chi connectivity index (χ0) is 32.7. The van der Waals surface area contributed by atoms with Gasteiger partial charge in [-0.25, -0.2) is 13.8 Å². The quantitative estimate of drug-likeness (QED) is 0.246. The molecule has 2 aromatic heterocycles. The molecule has 3 N–H and O–H groups in total. The predicted octanol–water partition coefficient (Wildman–Crippen LogP) is 4.71. The van der Waals surface area contributed by atoms with Crippen LogP contribution in [0.15, 0.2) is 24.3 Å². The van der Waals surface area contributed by atoms with Gasteiger partial charge < -0.3 is 29.9 Å². The second-order valence-electron chi connectivity index (χ2n) is 14.4. The maximum atomic E-state index is 17.1. The number of piperazine rings is 1. The first-order valence-corrected chi connectivity index (χ1v) is 17.3. The van der Waals surface area contributed by atoms with Crippen LogP contribution in [0.25, 0.3) is 32.9 Å². The second kappa shape index (κ2) is 11.3. The van der Waals surface area contributed by atoms with Gasteiger partial charge in [0.25, 0.3) is 0 Å². The minimum Gasteiger partial charge on any atom is -0.508 e. The molecule has 9 rings (SSSR count). The fourth-order valence-electron chi connectivity index (χ4n) is 8.68. The Hall–Kier alpha value is -3.87. The summed E-state index contributed by atoms with van der Waals surface area (Å²) < 4.78 is 45.0. The Balaban J connectivity index is 1.18. The molecule has 0 amide bonds. The molecule has 4 aromatic rings. The molecule has 2 aromatic carbocycles. The van der Waals surface area contributed by atoms with E-state index in [1.165, 1.54) is 12.1 Å². The third-order valence-electron chi connectivity index (χ3n) is 11.4. The van der Waals surface area contributed by atoms with E-state index in [0.29, 0.717) is 53.7 Å². The number of rotatable bonds is 8. The van der Waals surface area contributed by atoms with E-state index >= 15 is 8.78 Å². The first-order valence-electron chi connectivity index (χ1n) is 17.3. The fraction of sp³-hybridized carbons (Fsp3) is 0.528. The number of hydrogen-bond acceptors (Lipinski definition) is 10. The number of aliphatic hydroxyl groups excluding tert-OH is 1. The van der Waals surface area contributed by atoms with Gasteiger partial charge in [0.1, 0.15) is 40.6 Å². The lowest BCUT2D eigenvalue weighted by Crippen LogP contribution is -2.60. The van der Waals surface area contributed by atoms with E-state index in [2.05, 4.69) is 15.1 Å². The van der Waals surface area contributed by atoms with E-state index in [-0.39, 0.29) is 70.6 Å². The fourth-order valence-corrected chi connectivity index (χ4v) is 8.68. The van der Waals surface area contributed by atoms with Gasteiger partial charge in [0.05, 0.1) is 19.3 Å². The number of aliphatic hydroxyl groups is 1. The predicted molar refractivity (Wildman–Crippen MR) is 177 cm³/mol. The molecule has 4 fully saturated rings. The number of nitrogens with zero attached hydrogens (tertiary/aromatic N) is 5. The number of aromatic hydroxyl groups is 1. The van der Waals surface area contributed by atoms with Crippen LogP contribution in [0.2, 0.25) is 0 Å². The van der Waals surface area contributed by atoms with Crippen LogP contribution < -0.4 is 19.7 Å². The van der Waals surface area contributed by atoms with Gasteiger partial charge in [-0.3, -0.25) is 4.90 Å². The van der Waals surface area contributed by atoms with Crippen molar-refractivity contribution in [3.8, 4) is 28.9 Å². The second-order valence-corrected chi connectivity index (χ2v) is 14.4. The third-order valence-corrected chi connectivity index (χ3v) is 11.4. The molecule has 252 valence electrons. The van der Waals surface area contributed by atoms with Crippen molar-refractivity contribution in [1.82, 2.24) is 25.2 Å². The molecule has 10 nitrogen and oxygen atoms in total. The number of fused-ring (bicyclic) bond motifs is 6. The minimum absolute atomic E-state index is 0.0252. The number of halogens is 2. The molecule has 6 heterocycles. The lowest BCUT2D eigenvalue weighted by molar-refractivity contribution is 0.113. The van der Waals surface area contributed by atoms with Crippen LogP contribution in [0, 0.1) is 17.0 Å². The Bertz CT molecular complexity index is 1940. The molecule has 48 heavy (non-hydrogen) atoms. The van der Waals surface area contributed by atoms with Crippen molar-refractivity contribution >= 4 is 27.5 Å². The van der Waals surface area contributed by atoms with E-state index < -0.39 is 11.6 Å². The van der Waals surface area contributed by atoms with E-state index in [4.69, 9.17) is 24.4 Å². The smallest absolute Gasteiger partial charge is 0.319 e. The molecule has 3 saturated heterocycles. The van der Waals surface area contributed by atoms with Crippen molar-refractivity contribution in [2.24, 2.45) is 5.41 Å². The largest absolute Gasteiger partial charge is 0.508 e. The number of benzene rings is 2. The minimum atomic E-state index is -0.704. The molecule has 12 heteroatoms. The number of ether oxygens (including phenoxy) is 2. The van der Waals surface area contributed by atoms with Crippen molar-refractivity contribution in [1.29, 1.82) is 0 Å². The summed E-state index contributed by atoms with van der Waals surface area (Å²) in [7, 11) is 0. The number of pyridine rings is 1. The molecule has 4 aliphatic heterocycles. The molecule has 0 spiro atoms. The van der Waals surface area contributed by atoms with Gasteiger partial charge in [-0.2, -0.15) is 9.97 Å². The topological polar surface area (TPSA) is 116 Å². The van der Waals surface area contributed by atoms with Crippen molar-refractivity contribution in [3.63, 3.8) is 0 Å². The summed E-state index contributed by atoms with van der Waals surface area (Å²) in [5.41, 5.74) is 0.581. The summed E-state index contributed by atoms with van der Waals surface area (Å²) >= 11 is 0. The van der Waals surface area contributed by atoms with Crippen molar-refractivity contribution < 1.29 is 28.5 Å². The first-order chi connectivity index (χ1) is 23.3. The number of anilines is 1. The molecule has 0 radical (unpaired) electrons. The molecular formula is C36H40F2N6O4. The Kier molecular flexibility index (Phi) is 7.14. The Labute approximate surface area is 277 Å². The summed E-state index contributed by atoms with van der Waals surface area (Å²) in [6.07, 6.45) is 6.51. The number of phenols is 1. The van der Waals surface area contributed by atoms with Crippen LogP contribution >= 0.6 is 0 Å². The highest BCUT2D eigenvalue weighted by molar-refractivity contribution is 6.03. The average molecular weight is 659 g/mol. The number of hydrogen-bond donors (Lipinski definition) is 3. The Morgan fingerprint density at radius 2 is 1.98 bits per heavy atom. The highest BCUT2D eigenvalue weighted by Gasteiger charge is 2.47. The van der Waals surface area contributed by atoms with Crippen LogP contribution in [0.5, 0.6) is 17.6 Å². The van der Waals surface area contributed by atoms with Gasteiger partial charge in [-0.1, -0.05) is 13.0 Å². The normalized spacial score (nSPS) is 25.7. The number of likely N-dealkylation sites (tertiary alicyclic amines) is 1. The lowest BCUT2D eigenvalue weighted by Gasteiger charge is -2.40. The lowest BCUT2D eigenvalue weighted by atomic mass is 9.94. The SMILES string of the molecule is CCc1c(F)ccc2cc(O)cc(-c3nc4c5c(nc(OCC6(CN7CCC[C@H]7CO)CC6)nc5c3F)N3C[C@@H]5CC[C@@H](N5)[C@@H]3CO4)c12. The molecular weight excluding hydrogens is 618 g/mol.